The molecule has 3 heterocycles. The molecule has 6 nitrogen and oxygen atoms in total. The van der Waals surface area contributed by atoms with E-state index in [1.807, 2.05) is 30.5 Å². The Morgan fingerprint density at radius 1 is 1.24 bits per heavy atom. The highest BCUT2D eigenvalue weighted by Gasteiger charge is 2.23. The lowest BCUT2D eigenvalue weighted by Crippen LogP contribution is -2.46. The van der Waals surface area contributed by atoms with Crippen LogP contribution >= 0.6 is 0 Å². The van der Waals surface area contributed by atoms with E-state index in [0.29, 0.717) is 12.1 Å². The van der Waals surface area contributed by atoms with Gasteiger partial charge in [0.25, 0.3) is 6.01 Å². The van der Waals surface area contributed by atoms with Gasteiger partial charge in [-0.1, -0.05) is 12.1 Å². The fraction of sp³-hybridized carbons (Fsp3) is 0.421. The Bertz CT molecular complexity index is 778. The second-order valence-electron chi connectivity index (χ2n) is 6.69. The van der Waals surface area contributed by atoms with Crippen molar-refractivity contribution in [3.8, 4) is 0 Å². The maximum atomic E-state index is 5.88. The molecule has 1 fully saturated rings. The van der Waals surface area contributed by atoms with Crippen LogP contribution in [-0.2, 0) is 6.42 Å². The molecule has 25 heavy (non-hydrogen) atoms. The quantitative estimate of drug-likeness (QED) is 0.772. The molecule has 0 aliphatic carbocycles. The summed E-state index contributed by atoms with van der Waals surface area (Å²) < 4.78 is 5.88. The number of para-hydroxylation sites is 2. The largest absolute Gasteiger partial charge is 0.423 e. The van der Waals surface area contributed by atoms with Crippen molar-refractivity contribution in [1.82, 2.24) is 20.3 Å². The van der Waals surface area contributed by atoms with E-state index in [-0.39, 0.29) is 0 Å². The fourth-order valence-electron chi connectivity index (χ4n) is 3.44. The minimum atomic E-state index is 0.387. The molecule has 0 bridgehead atoms. The molecular weight excluding hydrogens is 314 g/mol. The Morgan fingerprint density at radius 3 is 2.84 bits per heavy atom. The van der Waals surface area contributed by atoms with E-state index >= 15 is 0 Å². The molecule has 0 spiro atoms. The van der Waals surface area contributed by atoms with Crippen LogP contribution in [0, 0.1) is 0 Å². The van der Waals surface area contributed by atoms with E-state index < -0.39 is 0 Å². The number of hydrogen-bond donors (Lipinski definition) is 1. The van der Waals surface area contributed by atoms with E-state index in [9.17, 15) is 0 Å². The summed E-state index contributed by atoms with van der Waals surface area (Å²) in [5, 5.41) is 3.72. The van der Waals surface area contributed by atoms with Crippen LogP contribution in [0.5, 0.6) is 0 Å². The molecule has 1 N–H and O–H groups in total. The molecule has 4 rings (SSSR count). The molecule has 0 saturated carbocycles. The number of oxazole rings is 1. The second kappa shape index (κ2) is 7.19. The average molecular weight is 337 g/mol. The summed E-state index contributed by atoms with van der Waals surface area (Å²) in [6, 6.07) is 9.58. The highest BCUT2D eigenvalue weighted by molar-refractivity contribution is 5.74. The van der Waals surface area contributed by atoms with Crippen LogP contribution in [0.3, 0.4) is 0 Å². The molecular formula is C19H23N5O. The van der Waals surface area contributed by atoms with Gasteiger partial charge in [0, 0.05) is 50.2 Å². The van der Waals surface area contributed by atoms with Gasteiger partial charge in [-0.25, -0.2) is 0 Å². The monoisotopic (exact) mass is 337 g/mol. The summed E-state index contributed by atoms with van der Waals surface area (Å²) in [6.45, 7) is 4.13. The minimum absolute atomic E-state index is 0.387. The minimum Gasteiger partial charge on any atom is -0.423 e. The molecule has 0 unspecified atom stereocenters. The van der Waals surface area contributed by atoms with Crippen molar-refractivity contribution in [3.05, 3.63) is 48.5 Å². The number of nitrogens with one attached hydrogen (secondary N) is 1. The number of benzene rings is 1. The normalized spacial score (nSPS) is 17.1. The van der Waals surface area contributed by atoms with Crippen molar-refractivity contribution in [2.24, 2.45) is 0 Å². The van der Waals surface area contributed by atoms with Gasteiger partial charge in [-0.3, -0.25) is 9.97 Å². The number of anilines is 1. The molecule has 1 aliphatic heterocycles. The molecule has 1 aliphatic rings. The second-order valence-corrected chi connectivity index (χ2v) is 6.69. The van der Waals surface area contributed by atoms with Crippen LogP contribution in [-0.4, -0.2) is 40.1 Å². The van der Waals surface area contributed by atoms with E-state index in [4.69, 9.17) is 4.42 Å². The Labute approximate surface area is 147 Å². The van der Waals surface area contributed by atoms with Crippen molar-refractivity contribution in [2.45, 2.75) is 38.3 Å². The Balaban J connectivity index is 1.30. The zero-order chi connectivity index (χ0) is 17.1. The van der Waals surface area contributed by atoms with Crippen LogP contribution in [0.2, 0.25) is 0 Å². The summed E-state index contributed by atoms with van der Waals surface area (Å²) in [7, 11) is 0. The highest BCUT2D eigenvalue weighted by Crippen LogP contribution is 2.24. The lowest BCUT2D eigenvalue weighted by Gasteiger charge is -2.33. The van der Waals surface area contributed by atoms with Gasteiger partial charge in [0.15, 0.2) is 5.58 Å². The molecule has 6 heteroatoms. The number of hydrogen-bond acceptors (Lipinski definition) is 6. The van der Waals surface area contributed by atoms with Crippen LogP contribution in [0.25, 0.3) is 11.1 Å². The smallest absolute Gasteiger partial charge is 0.298 e. The number of nitrogens with zero attached hydrogens (tertiary/aromatic N) is 4. The molecule has 0 amide bonds. The van der Waals surface area contributed by atoms with Crippen molar-refractivity contribution in [3.63, 3.8) is 0 Å². The third-order valence-corrected chi connectivity index (χ3v) is 4.70. The SMILES string of the molecule is C[C@@H](Cc1cnccn1)NC1CCN(c2nc3ccccc3o2)CC1. The van der Waals surface area contributed by atoms with Crippen molar-refractivity contribution >= 4 is 17.1 Å². The lowest BCUT2D eigenvalue weighted by molar-refractivity contribution is 0.365. The zero-order valence-corrected chi connectivity index (χ0v) is 14.4. The number of piperidine rings is 1. The van der Waals surface area contributed by atoms with Crippen LogP contribution < -0.4 is 10.2 Å². The first-order chi connectivity index (χ1) is 12.3. The Kier molecular flexibility index (Phi) is 4.61. The van der Waals surface area contributed by atoms with Gasteiger partial charge in [0.05, 0.1) is 5.69 Å². The predicted molar refractivity (Wildman–Crippen MR) is 97.6 cm³/mol. The van der Waals surface area contributed by atoms with Crippen molar-refractivity contribution < 1.29 is 4.42 Å². The first-order valence-corrected chi connectivity index (χ1v) is 8.89. The fourth-order valence-corrected chi connectivity index (χ4v) is 3.44. The van der Waals surface area contributed by atoms with Gasteiger partial charge in [0.2, 0.25) is 0 Å². The third kappa shape index (κ3) is 3.79. The summed E-state index contributed by atoms with van der Waals surface area (Å²) in [5.41, 5.74) is 2.82. The molecule has 1 atom stereocenters. The number of rotatable bonds is 5. The molecule has 130 valence electrons. The molecule has 1 saturated heterocycles. The van der Waals surface area contributed by atoms with Crippen LogP contribution in [0.1, 0.15) is 25.5 Å². The van der Waals surface area contributed by atoms with E-state index in [1.165, 1.54) is 0 Å². The first kappa shape index (κ1) is 16.0. The zero-order valence-electron chi connectivity index (χ0n) is 14.4. The molecule has 1 aromatic carbocycles. The van der Waals surface area contributed by atoms with Crippen LogP contribution in [0.4, 0.5) is 6.01 Å². The van der Waals surface area contributed by atoms with Gasteiger partial charge >= 0.3 is 0 Å². The van der Waals surface area contributed by atoms with E-state index in [1.54, 1.807) is 12.4 Å². The Hall–Kier alpha value is -2.47. The van der Waals surface area contributed by atoms with Gasteiger partial charge in [0.1, 0.15) is 5.52 Å². The summed E-state index contributed by atoms with van der Waals surface area (Å²) in [4.78, 5) is 15.3. The predicted octanol–water partition coefficient (Wildman–Crippen LogP) is 2.81. The van der Waals surface area contributed by atoms with Crippen molar-refractivity contribution in [2.75, 3.05) is 18.0 Å². The van der Waals surface area contributed by atoms with E-state index in [2.05, 4.69) is 32.1 Å². The summed E-state index contributed by atoms with van der Waals surface area (Å²) >= 11 is 0. The summed E-state index contributed by atoms with van der Waals surface area (Å²) in [6.07, 6.45) is 8.38. The van der Waals surface area contributed by atoms with Crippen molar-refractivity contribution in [1.29, 1.82) is 0 Å². The van der Waals surface area contributed by atoms with Gasteiger partial charge < -0.3 is 14.6 Å². The van der Waals surface area contributed by atoms with E-state index in [0.717, 1.165) is 55.2 Å². The maximum Gasteiger partial charge on any atom is 0.298 e. The first-order valence-electron chi connectivity index (χ1n) is 8.89. The average Bonchev–Trinajstić information content (AvgIpc) is 3.07. The molecule has 0 radical (unpaired) electrons. The standard InChI is InChI=1S/C19H23N5O/c1-14(12-16-13-20-8-9-21-16)22-15-6-10-24(11-7-15)19-23-17-4-2-3-5-18(17)25-19/h2-5,8-9,13-15,22H,6-7,10-12H2,1H3/t14-/m0/s1. The maximum absolute atomic E-state index is 5.88. The van der Waals surface area contributed by atoms with Gasteiger partial charge in [-0.2, -0.15) is 4.98 Å². The Morgan fingerprint density at radius 2 is 2.08 bits per heavy atom. The van der Waals surface area contributed by atoms with Gasteiger partial charge in [-0.15, -0.1) is 0 Å². The lowest BCUT2D eigenvalue weighted by atomic mass is 10.0. The molecule has 2 aromatic heterocycles. The molecule has 3 aromatic rings. The van der Waals surface area contributed by atoms with Crippen LogP contribution in [0.15, 0.2) is 47.3 Å². The topological polar surface area (TPSA) is 67.1 Å². The third-order valence-electron chi connectivity index (χ3n) is 4.70. The number of aromatic nitrogens is 3. The summed E-state index contributed by atoms with van der Waals surface area (Å²) in [5.74, 6) is 0. The number of fused-ring (bicyclic) bond motifs is 1. The van der Waals surface area contributed by atoms with Gasteiger partial charge in [-0.05, 0) is 31.9 Å². The highest BCUT2D eigenvalue weighted by atomic mass is 16.4.